The Morgan fingerprint density at radius 3 is 2.27 bits per heavy atom. The van der Waals surface area contributed by atoms with Gasteiger partial charge in [0.25, 0.3) is 0 Å². The van der Waals surface area contributed by atoms with Crippen molar-refractivity contribution in [1.82, 2.24) is 4.31 Å². The summed E-state index contributed by atoms with van der Waals surface area (Å²) in [6.45, 7) is 3.52. The third-order valence-corrected chi connectivity index (χ3v) is 3.21. The normalized spacial score (nSPS) is 12.0. The van der Waals surface area contributed by atoms with Crippen LogP contribution in [-0.2, 0) is 10.0 Å². The standard InChI is InChI=1S/C6H12N2O2S/c1-6(2)8(3)11(9,10)5-4-7/h6H,5H2,1-3H3. The molecule has 0 saturated carbocycles. The van der Waals surface area contributed by atoms with Crippen LogP contribution >= 0.6 is 0 Å². The van der Waals surface area contributed by atoms with E-state index in [9.17, 15) is 8.42 Å². The van der Waals surface area contributed by atoms with Crippen LogP contribution in [0.1, 0.15) is 13.8 Å². The molecule has 0 amide bonds. The lowest BCUT2D eigenvalue weighted by Gasteiger charge is -2.18. The van der Waals surface area contributed by atoms with Crippen LogP contribution in [0.25, 0.3) is 0 Å². The summed E-state index contributed by atoms with van der Waals surface area (Å²) >= 11 is 0. The minimum Gasteiger partial charge on any atom is -0.211 e. The first kappa shape index (κ1) is 10.4. The molecule has 0 spiro atoms. The van der Waals surface area contributed by atoms with Crippen molar-refractivity contribution in [2.45, 2.75) is 19.9 Å². The van der Waals surface area contributed by atoms with Crippen molar-refractivity contribution in [3.63, 3.8) is 0 Å². The third kappa shape index (κ3) is 2.87. The molecule has 4 nitrogen and oxygen atoms in total. The lowest BCUT2D eigenvalue weighted by molar-refractivity contribution is 0.412. The zero-order chi connectivity index (χ0) is 9.07. The highest BCUT2D eigenvalue weighted by molar-refractivity contribution is 7.89. The maximum atomic E-state index is 11.1. The molecule has 0 atom stereocenters. The number of nitrogens with zero attached hydrogens (tertiary/aromatic N) is 2. The summed E-state index contributed by atoms with van der Waals surface area (Å²) < 4.78 is 23.3. The number of sulfonamides is 1. The van der Waals surface area contributed by atoms with Gasteiger partial charge in [-0.05, 0) is 13.8 Å². The first-order chi connectivity index (χ1) is 4.91. The van der Waals surface area contributed by atoms with Crippen molar-refractivity contribution in [2.75, 3.05) is 12.8 Å². The van der Waals surface area contributed by atoms with Crippen molar-refractivity contribution in [3.05, 3.63) is 0 Å². The lowest BCUT2D eigenvalue weighted by Crippen LogP contribution is -2.34. The van der Waals surface area contributed by atoms with E-state index in [0.29, 0.717) is 0 Å². The molecule has 0 saturated heterocycles. The topological polar surface area (TPSA) is 61.2 Å². The molecule has 11 heavy (non-hydrogen) atoms. The lowest BCUT2D eigenvalue weighted by atomic mass is 10.4. The van der Waals surface area contributed by atoms with Crippen LogP contribution in [0.5, 0.6) is 0 Å². The Balaban J connectivity index is 4.47. The largest absolute Gasteiger partial charge is 0.227 e. The van der Waals surface area contributed by atoms with Gasteiger partial charge in [0.2, 0.25) is 10.0 Å². The molecule has 0 heterocycles. The van der Waals surface area contributed by atoms with Gasteiger partial charge in [-0.25, -0.2) is 12.7 Å². The molecule has 0 aliphatic carbocycles. The first-order valence-electron chi connectivity index (χ1n) is 3.24. The molecular formula is C6H12N2O2S. The van der Waals surface area contributed by atoms with Crippen LogP contribution in [0.3, 0.4) is 0 Å². The maximum absolute atomic E-state index is 11.1. The van der Waals surface area contributed by atoms with Crippen molar-refractivity contribution in [1.29, 1.82) is 5.26 Å². The summed E-state index contributed by atoms with van der Waals surface area (Å²) in [5.74, 6) is -0.443. The van der Waals surface area contributed by atoms with Gasteiger partial charge >= 0.3 is 0 Å². The molecule has 0 bridgehead atoms. The zero-order valence-corrected chi connectivity index (χ0v) is 7.72. The summed E-state index contributed by atoms with van der Waals surface area (Å²) in [4.78, 5) is 0. The average Bonchev–Trinajstić information content (AvgIpc) is 1.86. The molecule has 0 rings (SSSR count). The van der Waals surface area contributed by atoms with Crippen molar-refractivity contribution in [2.24, 2.45) is 0 Å². The highest BCUT2D eigenvalue weighted by Crippen LogP contribution is 2.02. The minimum absolute atomic E-state index is 0.0895. The van der Waals surface area contributed by atoms with Gasteiger partial charge in [-0.1, -0.05) is 0 Å². The summed E-state index contributed by atoms with van der Waals surface area (Å²) in [7, 11) is -1.87. The van der Waals surface area contributed by atoms with Gasteiger partial charge in [0.1, 0.15) is 0 Å². The van der Waals surface area contributed by atoms with Crippen LogP contribution in [0.4, 0.5) is 0 Å². The quantitative estimate of drug-likeness (QED) is 0.616. The van der Waals surface area contributed by atoms with Gasteiger partial charge in [-0.3, -0.25) is 0 Å². The molecule has 0 aromatic rings. The van der Waals surface area contributed by atoms with Crippen LogP contribution in [-0.4, -0.2) is 31.6 Å². The molecule has 0 radical (unpaired) electrons. The Morgan fingerprint density at radius 2 is 2.00 bits per heavy atom. The average molecular weight is 176 g/mol. The number of hydrogen-bond acceptors (Lipinski definition) is 3. The van der Waals surface area contributed by atoms with Gasteiger partial charge < -0.3 is 0 Å². The Morgan fingerprint density at radius 1 is 1.55 bits per heavy atom. The zero-order valence-electron chi connectivity index (χ0n) is 6.90. The molecule has 0 N–H and O–H groups in total. The van der Waals surface area contributed by atoms with Crippen molar-refractivity contribution >= 4 is 10.0 Å². The summed E-state index contributed by atoms with van der Waals surface area (Å²) in [5, 5.41) is 8.18. The van der Waals surface area contributed by atoms with Crippen LogP contribution < -0.4 is 0 Å². The molecule has 0 aliphatic rings. The van der Waals surface area contributed by atoms with Crippen LogP contribution in [0.15, 0.2) is 0 Å². The molecule has 0 aliphatic heterocycles. The summed E-state index contributed by atoms with van der Waals surface area (Å²) in [6, 6.07) is 1.52. The highest BCUT2D eigenvalue weighted by atomic mass is 32.2. The SMILES string of the molecule is CC(C)N(C)S(=O)(=O)CC#N. The minimum atomic E-state index is -3.34. The molecular weight excluding hydrogens is 164 g/mol. The highest BCUT2D eigenvalue weighted by Gasteiger charge is 2.19. The maximum Gasteiger partial charge on any atom is 0.227 e. The van der Waals surface area contributed by atoms with Gasteiger partial charge in [0, 0.05) is 13.1 Å². The van der Waals surface area contributed by atoms with E-state index in [0.717, 1.165) is 0 Å². The third-order valence-electron chi connectivity index (χ3n) is 1.41. The molecule has 0 unspecified atom stereocenters. The monoisotopic (exact) mass is 176 g/mol. The second-order valence-electron chi connectivity index (χ2n) is 2.52. The predicted molar refractivity (Wildman–Crippen MR) is 42.3 cm³/mol. The van der Waals surface area contributed by atoms with E-state index in [-0.39, 0.29) is 6.04 Å². The molecule has 5 heteroatoms. The van der Waals surface area contributed by atoms with E-state index in [1.807, 2.05) is 0 Å². The fourth-order valence-electron chi connectivity index (χ4n) is 0.505. The summed E-state index contributed by atoms with van der Waals surface area (Å²) in [5.41, 5.74) is 0. The summed E-state index contributed by atoms with van der Waals surface area (Å²) in [6.07, 6.45) is 0. The van der Waals surface area contributed by atoms with E-state index in [2.05, 4.69) is 0 Å². The van der Waals surface area contributed by atoms with Gasteiger partial charge in [-0.2, -0.15) is 5.26 Å². The van der Waals surface area contributed by atoms with Gasteiger partial charge in [0.05, 0.1) is 6.07 Å². The number of rotatable bonds is 3. The second-order valence-corrected chi connectivity index (χ2v) is 4.55. The second kappa shape index (κ2) is 3.69. The van der Waals surface area contributed by atoms with Crippen LogP contribution in [0, 0.1) is 11.3 Å². The fourth-order valence-corrected chi connectivity index (χ4v) is 1.51. The van der Waals surface area contributed by atoms with Crippen LogP contribution in [0.2, 0.25) is 0 Å². The molecule has 0 aromatic carbocycles. The predicted octanol–water partition coefficient (Wildman–Crippen LogP) is 0.180. The van der Waals surface area contributed by atoms with Gasteiger partial charge in [-0.15, -0.1) is 0 Å². The Kier molecular flexibility index (Phi) is 3.49. The van der Waals surface area contributed by atoms with Gasteiger partial charge in [0.15, 0.2) is 5.75 Å². The Bertz CT molecular complexity index is 250. The van der Waals surface area contributed by atoms with E-state index >= 15 is 0 Å². The van der Waals surface area contributed by atoms with E-state index in [1.165, 1.54) is 11.4 Å². The fraction of sp³-hybridized carbons (Fsp3) is 0.833. The Labute approximate surface area is 67.5 Å². The molecule has 0 aromatic heterocycles. The smallest absolute Gasteiger partial charge is 0.211 e. The number of nitriles is 1. The number of hydrogen-bond donors (Lipinski definition) is 0. The molecule has 64 valence electrons. The van der Waals surface area contributed by atoms with E-state index < -0.39 is 15.8 Å². The van der Waals surface area contributed by atoms with Crippen molar-refractivity contribution in [3.8, 4) is 6.07 Å². The first-order valence-corrected chi connectivity index (χ1v) is 4.85. The van der Waals surface area contributed by atoms with E-state index in [1.54, 1.807) is 19.9 Å². The van der Waals surface area contributed by atoms with E-state index in [4.69, 9.17) is 5.26 Å². The van der Waals surface area contributed by atoms with Crippen molar-refractivity contribution < 1.29 is 8.42 Å². The Hall–Kier alpha value is -0.600. The molecule has 0 fully saturated rings.